The molecule has 0 saturated carbocycles. The number of nitrogens with zero attached hydrogens (tertiary/aromatic N) is 1. The molecule has 1 unspecified atom stereocenters. The van der Waals surface area contributed by atoms with Crippen LogP contribution in [-0.4, -0.2) is 11.9 Å². The van der Waals surface area contributed by atoms with Gasteiger partial charge in [0.1, 0.15) is 12.1 Å². The first-order valence-electron chi connectivity index (χ1n) is 5.88. The van der Waals surface area contributed by atoms with Gasteiger partial charge in [-0.25, -0.2) is 0 Å². The number of rotatable bonds is 5. The third-order valence-corrected chi connectivity index (χ3v) is 4.31. The zero-order chi connectivity index (χ0) is 14.5. The molecule has 0 bridgehead atoms. The second-order valence-corrected chi connectivity index (χ2v) is 6.08. The normalized spacial score (nSPS) is 11.6. The first-order valence-corrected chi connectivity index (χ1v) is 7.55. The van der Waals surface area contributed by atoms with E-state index >= 15 is 0 Å². The number of benzene rings is 1. The van der Waals surface area contributed by atoms with Gasteiger partial charge in [0, 0.05) is 21.5 Å². The van der Waals surface area contributed by atoms with Gasteiger partial charge in [-0.05, 0) is 45.6 Å². The average Bonchev–Trinajstić information content (AvgIpc) is 2.91. The molecule has 1 atom stereocenters. The van der Waals surface area contributed by atoms with Crippen molar-refractivity contribution in [2.24, 2.45) is 5.73 Å². The van der Waals surface area contributed by atoms with Gasteiger partial charge >= 0.3 is 0 Å². The predicted molar refractivity (Wildman–Crippen MR) is 83.5 cm³/mol. The number of carbonyl (C=O) groups is 1. The number of nitrogens with one attached hydrogen (secondary N) is 1. The van der Waals surface area contributed by atoms with Gasteiger partial charge in [-0.15, -0.1) is 11.3 Å². The maximum atomic E-state index is 11.5. The second kappa shape index (κ2) is 6.55. The van der Waals surface area contributed by atoms with E-state index in [9.17, 15) is 4.79 Å². The van der Waals surface area contributed by atoms with Gasteiger partial charge < -0.3 is 11.1 Å². The molecule has 4 nitrogen and oxygen atoms in total. The summed E-state index contributed by atoms with van der Waals surface area (Å²) in [6.45, 7) is 0. The van der Waals surface area contributed by atoms with Crippen molar-refractivity contribution >= 4 is 38.9 Å². The summed E-state index contributed by atoms with van der Waals surface area (Å²) >= 11 is 4.91. The van der Waals surface area contributed by atoms with Gasteiger partial charge in [0.2, 0.25) is 5.91 Å². The molecule has 102 valence electrons. The molecule has 0 radical (unpaired) electrons. The highest BCUT2D eigenvalue weighted by Crippen LogP contribution is 2.22. The van der Waals surface area contributed by atoms with E-state index in [4.69, 9.17) is 11.0 Å². The summed E-state index contributed by atoms with van der Waals surface area (Å²) in [6, 6.07) is 10.7. The molecule has 1 aromatic carbocycles. The van der Waals surface area contributed by atoms with Crippen LogP contribution in [0.2, 0.25) is 0 Å². The Morgan fingerprint density at radius 3 is 2.85 bits per heavy atom. The molecule has 0 aliphatic carbocycles. The van der Waals surface area contributed by atoms with Crippen molar-refractivity contribution in [1.29, 1.82) is 5.26 Å². The van der Waals surface area contributed by atoms with Crippen LogP contribution in [-0.2, 0) is 11.2 Å². The summed E-state index contributed by atoms with van der Waals surface area (Å²) in [5.41, 5.74) is 6.73. The lowest BCUT2D eigenvalue weighted by atomic mass is 10.1. The highest BCUT2D eigenvalue weighted by Gasteiger charge is 2.16. The lowest BCUT2D eigenvalue weighted by molar-refractivity contribution is -0.118. The van der Waals surface area contributed by atoms with Gasteiger partial charge in [-0.2, -0.15) is 5.26 Å². The van der Waals surface area contributed by atoms with Crippen molar-refractivity contribution in [2.75, 3.05) is 5.32 Å². The number of halogens is 1. The molecule has 1 amide bonds. The Morgan fingerprint density at radius 1 is 1.50 bits per heavy atom. The van der Waals surface area contributed by atoms with Crippen LogP contribution in [0.15, 0.2) is 40.2 Å². The predicted octanol–water partition coefficient (Wildman–Crippen LogP) is 2.89. The highest BCUT2D eigenvalue weighted by molar-refractivity contribution is 9.10. The molecule has 20 heavy (non-hydrogen) atoms. The molecule has 0 fully saturated rings. The molecule has 3 N–H and O–H groups in total. The van der Waals surface area contributed by atoms with E-state index in [-0.39, 0.29) is 0 Å². The topological polar surface area (TPSA) is 78.9 Å². The SMILES string of the molecule is N#Cc1ccc(NC(Cc2cccs2)C(N)=O)cc1Br. The summed E-state index contributed by atoms with van der Waals surface area (Å²) in [5, 5.41) is 13.9. The van der Waals surface area contributed by atoms with Crippen molar-refractivity contribution in [3.63, 3.8) is 0 Å². The van der Waals surface area contributed by atoms with Gasteiger partial charge in [0.25, 0.3) is 0 Å². The Morgan fingerprint density at radius 2 is 2.30 bits per heavy atom. The molecule has 0 saturated heterocycles. The molecule has 2 aromatic rings. The summed E-state index contributed by atoms with van der Waals surface area (Å²) in [7, 11) is 0. The van der Waals surface area contributed by atoms with E-state index in [1.807, 2.05) is 17.5 Å². The lowest BCUT2D eigenvalue weighted by Gasteiger charge is -2.16. The van der Waals surface area contributed by atoms with Crippen LogP contribution < -0.4 is 11.1 Å². The molecular weight excluding hydrogens is 338 g/mol. The monoisotopic (exact) mass is 349 g/mol. The quantitative estimate of drug-likeness (QED) is 0.870. The largest absolute Gasteiger partial charge is 0.373 e. The lowest BCUT2D eigenvalue weighted by Crippen LogP contribution is -2.37. The average molecular weight is 350 g/mol. The number of nitriles is 1. The van der Waals surface area contributed by atoms with E-state index in [0.717, 1.165) is 10.6 Å². The fourth-order valence-corrected chi connectivity index (χ4v) is 2.97. The van der Waals surface area contributed by atoms with Crippen molar-refractivity contribution < 1.29 is 4.79 Å². The van der Waals surface area contributed by atoms with E-state index in [0.29, 0.717) is 16.5 Å². The van der Waals surface area contributed by atoms with Crippen molar-refractivity contribution in [3.8, 4) is 6.07 Å². The number of nitrogens with two attached hydrogens (primary N) is 1. The Balaban J connectivity index is 2.14. The van der Waals surface area contributed by atoms with Crippen molar-refractivity contribution in [2.45, 2.75) is 12.5 Å². The molecule has 2 rings (SSSR count). The number of amides is 1. The van der Waals surface area contributed by atoms with Crippen LogP contribution >= 0.6 is 27.3 Å². The summed E-state index contributed by atoms with van der Waals surface area (Å²) in [5.74, 6) is -0.404. The number of hydrogen-bond acceptors (Lipinski definition) is 4. The molecular formula is C14H12BrN3OS. The Bertz CT molecular complexity index is 649. The van der Waals surface area contributed by atoms with Crippen LogP contribution in [0.5, 0.6) is 0 Å². The molecule has 6 heteroatoms. The van der Waals surface area contributed by atoms with Crippen molar-refractivity contribution in [3.05, 3.63) is 50.6 Å². The van der Waals surface area contributed by atoms with Crippen LogP contribution in [0, 0.1) is 11.3 Å². The number of thiophene rings is 1. The van der Waals surface area contributed by atoms with Crippen LogP contribution in [0.25, 0.3) is 0 Å². The van der Waals surface area contributed by atoms with E-state index in [2.05, 4.69) is 27.3 Å². The third-order valence-electron chi connectivity index (χ3n) is 2.76. The van der Waals surface area contributed by atoms with Gasteiger partial charge in [-0.3, -0.25) is 4.79 Å². The van der Waals surface area contributed by atoms with Gasteiger partial charge in [-0.1, -0.05) is 6.07 Å². The summed E-state index contributed by atoms with van der Waals surface area (Å²) in [4.78, 5) is 12.6. The van der Waals surface area contributed by atoms with Gasteiger partial charge in [0.05, 0.1) is 5.56 Å². The minimum Gasteiger partial charge on any atom is -0.373 e. The van der Waals surface area contributed by atoms with Crippen LogP contribution in [0.1, 0.15) is 10.4 Å². The second-order valence-electron chi connectivity index (χ2n) is 4.19. The number of carbonyl (C=O) groups excluding carboxylic acids is 1. The first kappa shape index (κ1) is 14.6. The Kier molecular flexibility index (Phi) is 4.77. The van der Waals surface area contributed by atoms with Crippen LogP contribution in [0.4, 0.5) is 5.69 Å². The third kappa shape index (κ3) is 3.59. The molecule has 1 aromatic heterocycles. The molecule has 0 aliphatic rings. The van der Waals surface area contributed by atoms with E-state index in [1.165, 1.54) is 0 Å². The number of primary amides is 1. The smallest absolute Gasteiger partial charge is 0.240 e. The Labute approximate surface area is 129 Å². The molecule has 1 heterocycles. The minimum absolute atomic E-state index is 0.404. The Hall–Kier alpha value is -1.84. The summed E-state index contributed by atoms with van der Waals surface area (Å²) < 4.78 is 0.685. The molecule has 0 spiro atoms. The number of anilines is 1. The fourth-order valence-electron chi connectivity index (χ4n) is 1.75. The minimum atomic E-state index is -0.478. The summed E-state index contributed by atoms with van der Waals surface area (Å²) in [6.07, 6.45) is 0.546. The van der Waals surface area contributed by atoms with Gasteiger partial charge in [0.15, 0.2) is 0 Å². The zero-order valence-corrected chi connectivity index (χ0v) is 12.9. The first-order chi connectivity index (χ1) is 9.60. The highest BCUT2D eigenvalue weighted by atomic mass is 79.9. The maximum absolute atomic E-state index is 11.5. The maximum Gasteiger partial charge on any atom is 0.240 e. The van der Waals surface area contributed by atoms with E-state index in [1.54, 1.807) is 29.5 Å². The fraction of sp³-hybridized carbons (Fsp3) is 0.143. The molecule has 0 aliphatic heterocycles. The standard InChI is InChI=1S/C14H12BrN3OS/c15-12-6-10(4-3-9(12)8-16)18-13(14(17)19)7-11-2-1-5-20-11/h1-6,13,18H,7H2,(H2,17,19). The van der Waals surface area contributed by atoms with Crippen LogP contribution in [0.3, 0.4) is 0 Å². The van der Waals surface area contributed by atoms with E-state index < -0.39 is 11.9 Å². The zero-order valence-electron chi connectivity index (χ0n) is 10.5. The van der Waals surface area contributed by atoms with Crippen molar-refractivity contribution in [1.82, 2.24) is 0 Å². The number of hydrogen-bond donors (Lipinski definition) is 2.